The number of benzene rings is 1. The lowest BCUT2D eigenvalue weighted by Gasteiger charge is -2.31. The number of hydrogen-bond acceptors (Lipinski definition) is 3. The van der Waals surface area contributed by atoms with Crippen molar-refractivity contribution in [1.29, 1.82) is 0 Å². The first-order valence-corrected chi connectivity index (χ1v) is 8.94. The minimum atomic E-state index is -3.48. The smallest absolute Gasteiger partial charge is 0.243 e. The van der Waals surface area contributed by atoms with E-state index >= 15 is 0 Å². The van der Waals surface area contributed by atoms with Crippen molar-refractivity contribution < 1.29 is 12.8 Å². The third-order valence-corrected chi connectivity index (χ3v) is 5.80. The molecule has 1 heterocycles. The van der Waals surface area contributed by atoms with Crippen molar-refractivity contribution in [2.24, 2.45) is 5.92 Å². The maximum absolute atomic E-state index is 12.9. The number of hydrogen-bond donors (Lipinski definition) is 1. The van der Waals surface area contributed by atoms with E-state index in [1.165, 1.54) is 28.6 Å². The fourth-order valence-corrected chi connectivity index (χ4v) is 4.06. The molecule has 0 aliphatic carbocycles. The summed E-state index contributed by atoms with van der Waals surface area (Å²) < 4.78 is 39.3. The lowest BCUT2D eigenvalue weighted by Crippen LogP contribution is -2.40. The van der Waals surface area contributed by atoms with Crippen LogP contribution in [0.5, 0.6) is 0 Å². The van der Waals surface area contributed by atoms with Gasteiger partial charge in [-0.25, -0.2) is 12.8 Å². The summed E-state index contributed by atoms with van der Waals surface area (Å²) in [5.74, 6) is 0.117. The molecule has 1 fully saturated rings. The van der Waals surface area contributed by atoms with Crippen LogP contribution < -0.4 is 5.32 Å². The third kappa shape index (κ3) is 4.25. The lowest BCUT2D eigenvalue weighted by molar-refractivity contribution is 0.267. The van der Waals surface area contributed by atoms with E-state index in [0.29, 0.717) is 19.0 Å². The molecule has 2 rings (SSSR count). The lowest BCUT2D eigenvalue weighted by atomic mass is 9.98. The van der Waals surface area contributed by atoms with Gasteiger partial charge < -0.3 is 5.32 Å². The SMILES string of the molecule is CCCNCC1CCN(S(=O)(=O)c2ccc(F)cc2)CC1. The Balaban J connectivity index is 1.93. The van der Waals surface area contributed by atoms with Crippen LogP contribution in [0.1, 0.15) is 26.2 Å². The molecule has 1 N–H and O–H groups in total. The van der Waals surface area contributed by atoms with Gasteiger partial charge in [0.25, 0.3) is 0 Å². The fourth-order valence-electron chi connectivity index (χ4n) is 2.59. The van der Waals surface area contributed by atoms with E-state index in [9.17, 15) is 12.8 Å². The van der Waals surface area contributed by atoms with Crippen LogP contribution in [0.3, 0.4) is 0 Å². The summed E-state index contributed by atoms with van der Waals surface area (Å²) >= 11 is 0. The molecule has 6 heteroatoms. The molecule has 0 bridgehead atoms. The number of halogens is 1. The zero-order valence-corrected chi connectivity index (χ0v) is 13.2. The van der Waals surface area contributed by atoms with Gasteiger partial charge in [0.1, 0.15) is 5.82 Å². The molecule has 0 spiro atoms. The summed E-state index contributed by atoms with van der Waals surface area (Å²) in [5, 5.41) is 3.39. The monoisotopic (exact) mass is 314 g/mol. The van der Waals surface area contributed by atoms with Crippen molar-refractivity contribution in [2.45, 2.75) is 31.1 Å². The molecule has 0 radical (unpaired) electrons. The van der Waals surface area contributed by atoms with Crippen molar-refractivity contribution in [3.63, 3.8) is 0 Å². The van der Waals surface area contributed by atoms with Gasteiger partial charge in [0.15, 0.2) is 0 Å². The molecule has 0 atom stereocenters. The topological polar surface area (TPSA) is 49.4 Å². The standard InChI is InChI=1S/C15H23FN2O2S/c1-2-9-17-12-13-7-10-18(11-8-13)21(19,20)15-5-3-14(16)4-6-15/h3-6,13,17H,2,7-12H2,1H3. The number of piperidine rings is 1. The quantitative estimate of drug-likeness (QED) is 0.819. The second-order valence-corrected chi connectivity index (χ2v) is 7.44. The first-order chi connectivity index (χ1) is 10.0. The molecule has 0 unspecified atom stereocenters. The Kier molecular flexibility index (Phi) is 5.72. The van der Waals surface area contributed by atoms with Gasteiger partial charge in [-0.2, -0.15) is 4.31 Å². The Hall–Kier alpha value is -0.980. The highest BCUT2D eigenvalue weighted by Gasteiger charge is 2.29. The minimum Gasteiger partial charge on any atom is -0.316 e. The van der Waals surface area contributed by atoms with E-state index in [1.807, 2.05) is 0 Å². The molecule has 1 aliphatic rings. The first-order valence-electron chi connectivity index (χ1n) is 7.50. The van der Waals surface area contributed by atoms with Gasteiger partial charge in [-0.1, -0.05) is 6.92 Å². The van der Waals surface area contributed by atoms with Crippen LogP contribution in [0.15, 0.2) is 29.2 Å². The molecule has 1 aromatic rings. The Bertz CT molecular complexity index is 537. The van der Waals surface area contributed by atoms with Gasteiger partial charge in [0.2, 0.25) is 10.0 Å². The van der Waals surface area contributed by atoms with E-state index in [1.54, 1.807) is 0 Å². The van der Waals surface area contributed by atoms with Crippen molar-refractivity contribution in [2.75, 3.05) is 26.2 Å². The van der Waals surface area contributed by atoms with Crippen LogP contribution in [-0.4, -0.2) is 38.9 Å². The largest absolute Gasteiger partial charge is 0.316 e. The zero-order chi connectivity index (χ0) is 15.3. The van der Waals surface area contributed by atoms with Crippen LogP contribution in [0.4, 0.5) is 4.39 Å². The normalized spacial score (nSPS) is 18.0. The summed E-state index contributed by atoms with van der Waals surface area (Å²) in [7, 11) is -3.48. The maximum Gasteiger partial charge on any atom is 0.243 e. The zero-order valence-electron chi connectivity index (χ0n) is 12.4. The summed E-state index contributed by atoms with van der Waals surface area (Å²) in [5.41, 5.74) is 0. The molecule has 0 amide bonds. The van der Waals surface area contributed by atoms with Gasteiger partial charge in [-0.15, -0.1) is 0 Å². The number of nitrogens with zero attached hydrogens (tertiary/aromatic N) is 1. The summed E-state index contributed by atoms with van der Waals surface area (Å²) in [6.45, 7) is 5.17. The summed E-state index contributed by atoms with van der Waals surface area (Å²) in [4.78, 5) is 0.173. The van der Waals surface area contributed by atoms with Crippen LogP contribution >= 0.6 is 0 Å². The first kappa shape index (κ1) is 16.4. The van der Waals surface area contributed by atoms with Crippen LogP contribution in [0, 0.1) is 11.7 Å². The highest BCUT2D eigenvalue weighted by molar-refractivity contribution is 7.89. The molecule has 1 saturated heterocycles. The molecule has 1 aromatic carbocycles. The summed E-state index contributed by atoms with van der Waals surface area (Å²) in [6, 6.07) is 5.04. The number of nitrogens with one attached hydrogen (secondary N) is 1. The van der Waals surface area contributed by atoms with Crippen molar-refractivity contribution in [1.82, 2.24) is 9.62 Å². The predicted molar refractivity (Wildman–Crippen MR) is 81.0 cm³/mol. The molecular formula is C15H23FN2O2S. The van der Waals surface area contributed by atoms with Crippen LogP contribution in [0.25, 0.3) is 0 Å². The molecule has 0 saturated carbocycles. The van der Waals surface area contributed by atoms with E-state index in [-0.39, 0.29) is 4.90 Å². The van der Waals surface area contributed by atoms with E-state index in [2.05, 4.69) is 12.2 Å². The second kappa shape index (κ2) is 7.33. The Morgan fingerprint density at radius 3 is 2.43 bits per heavy atom. The second-order valence-electron chi connectivity index (χ2n) is 5.51. The predicted octanol–water partition coefficient (Wildman–Crippen LogP) is 2.23. The number of sulfonamides is 1. The van der Waals surface area contributed by atoms with Crippen LogP contribution in [0.2, 0.25) is 0 Å². The van der Waals surface area contributed by atoms with Crippen molar-refractivity contribution in [3.05, 3.63) is 30.1 Å². The average Bonchev–Trinajstić information content (AvgIpc) is 2.48. The van der Waals surface area contributed by atoms with Crippen molar-refractivity contribution in [3.8, 4) is 0 Å². The Labute approximate surface area is 126 Å². The molecule has 21 heavy (non-hydrogen) atoms. The molecule has 4 nitrogen and oxygen atoms in total. The average molecular weight is 314 g/mol. The Morgan fingerprint density at radius 2 is 1.86 bits per heavy atom. The van der Waals surface area contributed by atoms with E-state index in [4.69, 9.17) is 0 Å². The van der Waals surface area contributed by atoms with Gasteiger partial charge >= 0.3 is 0 Å². The number of rotatable bonds is 6. The van der Waals surface area contributed by atoms with Gasteiger partial charge in [-0.05, 0) is 62.5 Å². The molecule has 118 valence electrons. The Morgan fingerprint density at radius 1 is 1.24 bits per heavy atom. The summed E-state index contributed by atoms with van der Waals surface area (Å²) in [6.07, 6.45) is 2.85. The van der Waals surface area contributed by atoms with Gasteiger partial charge in [-0.3, -0.25) is 0 Å². The van der Waals surface area contributed by atoms with E-state index < -0.39 is 15.8 Å². The minimum absolute atomic E-state index is 0.173. The molecular weight excluding hydrogens is 291 g/mol. The highest BCUT2D eigenvalue weighted by Crippen LogP contribution is 2.23. The van der Waals surface area contributed by atoms with Gasteiger partial charge in [0, 0.05) is 13.1 Å². The van der Waals surface area contributed by atoms with E-state index in [0.717, 1.165) is 32.4 Å². The van der Waals surface area contributed by atoms with Gasteiger partial charge in [0.05, 0.1) is 4.90 Å². The third-order valence-electron chi connectivity index (χ3n) is 3.88. The van der Waals surface area contributed by atoms with Crippen molar-refractivity contribution >= 4 is 10.0 Å². The maximum atomic E-state index is 12.9. The molecule has 1 aliphatic heterocycles. The molecule has 0 aromatic heterocycles. The van der Waals surface area contributed by atoms with Crippen LogP contribution in [-0.2, 0) is 10.0 Å². The fraction of sp³-hybridized carbons (Fsp3) is 0.600. The highest BCUT2D eigenvalue weighted by atomic mass is 32.2.